The Bertz CT molecular complexity index is 852. The van der Waals surface area contributed by atoms with E-state index in [4.69, 9.17) is 9.47 Å². The Hall–Kier alpha value is -3.10. The maximum Gasteiger partial charge on any atom is 0.326 e. The van der Waals surface area contributed by atoms with Crippen molar-refractivity contribution in [1.29, 1.82) is 0 Å². The predicted octanol–water partition coefficient (Wildman–Crippen LogP) is 1.06. The third-order valence-corrected chi connectivity index (χ3v) is 5.27. The Morgan fingerprint density at radius 3 is 2.76 bits per heavy atom. The van der Waals surface area contributed by atoms with Gasteiger partial charge in [0.05, 0.1) is 6.61 Å². The number of carbonyl (C=O) groups is 4. The first-order chi connectivity index (χ1) is 13.7. The molecular weight excluding hydrogens is 378 g/mol. The molecule has 0 aliphatic carbocycles. The smallest absolute Gasteiger partial charge is 0.326 e. The molecule has 1 saturated heterocycles. The topological polar surface area (TPSA) is 114 Å². The van der Waals surface area contributed by atoms with Crippen molar-refractivity contribution in [2.75, 3.05) is 19.8 Å². The molecule has 2 aliphatic heterocycles. The van der Waals surface area contributed by atoms with Crippen LogP contribution >= 0.6 is 0 Å². The number of benzene rings is 1. The van der Waals surface area contributed by atoms with Gasteiger partial charge in [0.1, 0.15) is 12.3 Å². The first kappa shape index (κ1) is 20.6. The molecule has 2 aliphatic rings. The lowest BCUT2D eigenvalue weighted by Gasteiger charge is -2.33. The zero-order valence-corrected chi connectivity index (χ0v) is 16.7. The number of fused-ring (bicyclic) bond motifs is 2. The van der Waals surface area contributed by atoms with Gasteiger partial charge >= 0.3 is 12.0 Å². The molecule has 3 rings (SSSR count). The second kappa shape index (κ2) is 7.73. The van der Waals surface area contributed by atoms with Crippen molar-refractivity contribution in [1.82, 2.24) is 15.5 Å². The molecular formula is C20H25N3O6. The van der Waals surface area contributed by atoms with Crippen molar-refractivity contribution in [3.05, 3.63) is 29.8 Å². The number of hydrogen-bond donors (Lipinski definition) is 2. The molecule has 4 amide bonds. The number of para-hydroxylation sites is 1. The average Bonchev–Trinajstić information content (AvgIpc) is 2.91. The fourth-order valence-electron chi connectivity index (χ4n) is 3.34. The molecule has 2 N–H and O–H groups in total. The first-order valence-electron chi connectivity index (χ1n) is 9.51. The molecule has 156 valence electrons. The maximum atomic E-state index is 13.1. The van der Waals surface area contributed by atoms with Gasteiger partial charge in [-0.25, -0.2) is 4.79 Å². The SMILES string of the molecule is CCC(C)(C)NC(=O)COC(=O)CN1C(=O)N[C@]2(CCOc3ccccc32)C1=O. The maximum absolute atomic E-state index is 13.1. The van der Waals surface area contributed by atoms with Gasteiger partial charge < -0.3 is 20.1 Å². The highest BCUT2D eigenvalue weighted by atomic mass is 16.5. The first-order valence-corrected chi connectivity index (χ1v) is 9.51. The summed E-state index contributed by atoms with van der Waals surface area (Å²) in [6.45, 7) is 4.84. The van der Waals surface area contributed by atoms with E-state index in [0.717, 1.165) is 4.90 Å². The van der Waals surface area contributed by atoms with E-state index in [0.29, 0.717) is 17.7 Å². The van der Waals surface area contributed by atoms with E-state index in [1.807, 2.05) is 20.8 Å². The normalized spacial score (nSPS) is 20.7. The second-order valence-electron chi connectivity index (χ2n) is 7.77. The van der Waals surface area contributed by atoms with Crippen LogP contribution < -0.4 is 15.4 Å². The Morgan fingerprint density at radius 1 is 1.31 bits per heavy atom. The summed E-state index contributed by atoms with van der Waals surface area (Å²) in [5.41, 5.74) is -1.12. The van der Waals surface area contributed by atoms with Crippen LogP contribution in [-0.2, 0) is 24.7 Å². The zero-order chi connectivity index (χ0) is 21.2. The molecule has 0 aromatic heterocycles. The minimum Gasteiger partial charge on any atom is -0.493 e. The van der Waals surface area contributed by atoms with E-state index in [1.165, 1.54) is 0 Å². The third-order valence-electron chi connectivity index (χ3n) is 5.27. The molecule has 1 aromatic carbocycles. The van der Waals surface area contributed by atoms with Crippen LogP contribution in [0.2, 0.25) is 0 Å². The molecule has 1 aromatic rings. The molecule has 9 nitrogen and oxygen atoms in total. The summed E-state index contributed by atoms with van der Waals surface area (Å²) in [5, 5.41) is 5.44. The molecule has 1 fully saturated rings. The predicted molar refractivity (Wildman–Crippen MR) is 102 cm³/mol. The van der Waals surface area contributed by atoms with E-state index >= 15 is 0 Å². The number of amides is 4. The van der Waals surface area contributed by atoms with Crippen LogP contribution in [0.1, 0.15) is 39.2 Å². The summed E-state index contributed by atoms with van der Waals surface area (Å²) in [7, 11) is 0. The van der Waals surface area contributed by atoms with Crippen LogP contribution in [0.4, 0.5) is 4.79 Å². The second-order valence-corrected chi connectivity index (χ2v) is 7.77. The van der Waals surface area contributed by atoms with Gasteiger partial charge in [0.25, 0.3) is 11.8 Å². The van der Waals surface area contributed by atoms with Gasteiger partial charge in [-0.05, 0) is 26.3 Å². The summed E-state index contributed by atoms with van der Waals surface area (Å²) in [5.74, 6) is -1.30. The van der Waals surface area contributed by atoms with Crippen molar-refractivity contribution >= 4 is 23.8 Å². The zero-order valence-electron chi connectivity index (χ0n) is 16.7. The molecule has 9 heteroatoms. The largest absolute Gasteiger partial charge is 0.493 e. The summed E-state index contributed by atoms with van der Waals surface area (Å²) >= 11 is 0. The average molecular weight is 403 g/mol. The number of imide groups is 1. The van der Waals surface area contributed by atoms with Gasteiger partial charge in [-0.3, -0.25) is 19.3 Å². The summed E-state index contributed by atoms with van der Waals surface area (Å²) in [4.78, 5) is 50.4. The summed E-state index contributed by atoms with van der Waals surface area (Å²) < 4.78 is 10.5. The molecule has 1 spiro atoms. The van der Waals surface area contributed by atoms with Gasteiger partial charge in [0.15, 0.2) is 12.1 Å². The monoisotopic (exact) mass is 403 g/mol. The lowest BCUT2D eigenvalue weighted by molar-refractivity contribution is -0.151. The number of carbonyl (C=O) groups excluding carboxylic acids is 4. The lowest BCUT2D eigenvalue weighted by Crippen LogP contribution is -2.48. The molecule has 0 radical (unpaired) electrons. The van der Waals surface area contributed by atoms with Crippen LogP contribution in [0.3, 0.4) is 0 Å². The number of urea groups is 1. The van der Waals surface area contributed by atoms with Crippen LogP contribution in [-0.4, -0.2) is 54.0 Å². The number of ether oxygens (including phenoxy) is 2. The third kappa shape index (κ3) is 4.03. The van der Waals surface area contributed by atoms with E-state index in [2.05, 4.69) is 10.6 Å². The van der Waals surface area contributed by atoms with Gasteiger partial charge in [-0.15, -0.1) is 0 Å². The summed E-state index contributed by atoms with van der Waals surface area (Å²) in [6, 6.07) is 6.29. The molecule has 0 unspecified atom stereocenters. The Labute approximate surface area is 168 Å². The van der Waals surface area contributed by atoms with E-state index in [-0.39, 0.29) is 13.0 Å². The van der Waals surface area contributed by atoms with Crippen molar-refractivity contribution < 1.29 is 28.7 Å². The Kier molecular flexibility index (Phi) is 5.50. The van der Waals surface area contributed by atoms with E-state index < -0.39 is 48.0 Å². The Morgan fingerprint density at radius 2 is 2.03 bits per heavy atom. The van der Waals surface area contributed by atoms with Gasteiger partial charge in [0, 0.05) is 17.5 Å². The number of hydrogen-bond acceptors (Lipinski definition) is 6. The number of nitrogens with zero attached hydrogens (tertiary/aromatic N) is 1. The van der Waals surface area contributed by atoms with Crippen LogP contribution in [0.25, 0.3) is 0 Å². The summed E-state index contributed by atoms with van der Waals surface area (Å²) in [6.07, 6.45) is 0.969. The fraction of sp³-hybridized carbons (Fsp3) is 0.500. The Balaban J connectivity index is 1.64. The van der Waals surface area contributed by atoms with E-state index in [9.17, 15) is 19.2 Å². The van der Waals surface area contributed by atoms with Crippen molar-refractivity contribution in [2.24, 2.45) is 0 Å². The molecule has 2 heterocycles. The van der Waals surface area contributed by atoms with Crippen LogP contribution in [0, 0.1) is 0 Å². The van der Waals surface area contributed by atoms with E-state index in [1.54, 1.807) is 24.3 Å². The highest BCUT2D eigenvalue weighted by Crippen LogP contribution is 2.40. The number of rotatable bonds is 6. The van der Waals surface area contributed by atoms with Gasteiger partial charge in [-0.1, -0.05) is 25.1 Å². The minimum atomic E-state index is -1.26. The molecule has 0 saturated carbocycles. The molecule has 29 heavy (non-hydrogen) atoms. The van der Waals surface area contributed by atoms with Gasteiger partial charge in [-0.2, -0.15) is 0 Å². The molecule has 0 bridgehead atoms. The van der Waals surface area contributed by atoms with Crippen molar-refractivity contribution in [3.8, 4) is 5.75 Å². The highest BCUT2D eigenvalue weighted by Gasteiger charge is 2.55. The molecule has 1 atom stereocenters. The van der Waals surface area contributed by atoms with Crippen LogP contribution in [0.15, 0.2) is 24.3 Å². The lowest BCUT2D eigenvalue weighted by atomic mass is 9.84. The number of esters is 1. The minimum absolute atomic E-state index is 0.259. The standard InChI is InChI=1S/C20H25N3O6/c1-4-19(2,3)21-15(24)12-29-16(25)11-23-17(26)20(22-18(23)27)9-10-28-14-8-6-5-7-13(14)20/h5-8H,4,9-12H2,1-3H3,(H,21,24)(H,22,27)/t20-/m0/s1. The quantitative estimate of drug-likeness (QED) is 0.542. The van der Waals surface area contributed by atoms with Crippen LogP contribution in [0.5, 0.6) is 5.75 Å². The number of nitrogens with one attached hydrogen (secondary N) is 2. The van der Waals surface area contributed by atoms with Gasteiger partial charge in [0.2, 0.25) is 0 Å². The fourth-order valence-corrected chi connectivity index (χ4v) is 3.34. The highest BCUT2D eigenvalue weighted by molar-refractivity contribution is 6.09. The van der Waals surface area contributed by atoms with Crippen molar-refractivity contribution in [3.63, 3.8) is 0 Å². The van der Waals surface area contributed by atoms with Crippen molar-refractivity contribution in [2.45, 2.75) is 44.7 Å².